The largest absolute Gasteiger partial charge is 0.493 e. The highest BCUT2D eigenvalue weighted by molar-refractivity contribution is 7.90. The van der Waals surface area contributed by atoms with E-state index in [0.29, 0.717) is 49.2 Å². The summed E-state index contributed by atoms with van der Waals surface area (Å²) in [7, 11) is 0.0658. The number of piperazine rings is 1. The van der Waals surface area contributed by atoms with Crippen LogP contribution >= 0.6 is 11.6 Å². The summed E-state index contributed by atoms with van der Waals surface area (Å²) in [6, 6.07) is 3.45. The second kappa shape index (κ2) is 9.43. The lowest BCUT2D eigenvalue weighted by Gasteiger charge is -2.34. The van der Waals surface area contributed by atoms with E-state index in [1.807, 2.05) is 0 Å². The summed E-state index contributed by atoms with van der Waals surface area (Å²) in [5.74, 6) is 0.995. The van der Waals surface area contributed by atoms with Gasteiger partial charge in [0.05, 0.1) is 25.0 Å². The molecule has 27 heavy (non-hydrogen) atoms. The maximum absolute atomic E-state index is 12.4. The van der Waals surface area contributed by atoms with Gasteiger partial charge in [0.15, 0.2) is 11.5 Å². The molecule has 0 saturated carbocycles. The monoisotopic (exact) mass is 416 g/mol. The number of hydrogen-bond donors (Lipinski definition) is 0. The number of ether oxygens (including phenoxy) is 2. The van der Waals surface area contributed by atoms with Crippen LogP contribution in [0.15, 0.2) is 18.2 Å². The van der Waals surface area contributed by atoms with Crippen molar-refractivity contribution in [2.45, 2.75) is 0 Å². The van der Waals surface area contributed by atoms with Crippen molar-refractivity contribution in [1.82, 2.24) is 9.80 Å². The van der Waals surface area contributed by atoms with E-state index in [9.17, 15) is 13.2 Å². The number of halogens is 1. The molecule has 0 radical (unpaired) electrons. The van der Waals surface area contributed by atoms with E-state index in [4.69, 9.17) is 21.1 Å². The molecule has 1 aliphatic heterocycles. The molecule has 0 bridgehead atoms. The zero-order chi connectivity index (χ0) is 20.0. The molecule has 0 atom stereocenters. The van der Waals surface area contributed by atoms with Crippen LogP contribution in [-0.4, -0.2) is 83.1 Å². The third kappa shape index (κ3) is 6.41. The Morgan fingerprint density at radius 2 is 1.85 bits per heavy atom. The number of sulfone groups is 1. The molecule has 0 spiro atoms. The molecule has 0 aromatic heterocycles. The van der Waals surface area contributed by atoms with Gasteiger partial charge in [0.1, 0.15) is 9.84 Å². The van der Waals surface area contributed by atoms with Crippen LogP contribution < -0.4 is 9.47 Å². The fourth-order valence-corrected chi connectivity index (χ4v) is 3.68. The van der Waals surface area contributed by atoms with Crippen molar-refractivity contribution in [2.75, 3.05) is 59.0 Å². The summed E-state index contributed by atoms with van der Waals surface area (Å²) in [6.45, 7) is 2.97. The molecule has 0 aliphatic carbocycles. The fraction of sp³-hybridized carbons (Fsp3) is 0.500. The average Bonchev–Trinajstić information content (AvgIpc) is 2.63. The Morgan fingerprint density at radius 1 is 1.19 bits per heavy atom. The molecule has 1 fully saturated rings. The van der Waals surface area contributed by atoms with E-state index in [1.54, 1.807) is 23.1 Å². The SMILES string of the molecule is COc1cc(/C=C/C(=O)N2CCN(CCS(C)(=O)=O)CC2)cc(Cl)c1OC. The number of carbonyl (C=O) groups excluding carboxylic acids is 1. The molecule has 0 N–H and O–H groups in total. The number of rotatable bonds is 7. The summed E-state index contributed by atoms with van der Waals surface area (Å²) >= 11 is 6.17. The van der Waals surface area contributed by atoms with Crippen molar-refractivity contribution in [3.8, 4) is 11.5 Å². The fourth-order valence-electron chi connectivity index (χ4n) is 2.79. The first-order valence-electron chi connectivity index (χ1n) is 8.52. The van der Waals surface area contributed by atoms with Crippen LogP contribution in [0.5, 0.6) is 11.5 Å². The summed E-state index contributed by atoms with van der Waals surface area (Å²) in [5.41, 5.74) is 0.734. The number of carbonyl (C=O) groups is 1. The molecule has 7 nitrogen and oxygen atoms in total. The van der Waals surface area contributed by atoms with Crippen LogP contribution in [0.4, 0.5) is 0 Å². The van der Waals surface area contributed by atoms with Gasteiger partial charge in [-0.2, -0.15) is 0 Å². The lowest BCUT2D eigenvalue weighted by atomic mass is 10.1. The molecule has 2 rings (SSSR count). The van der Waals surface area contributed by atoms with E-state index in [-0.39, 0.29) is 11.7 Å². The second-order valence-corrected chi connectivity index (χ2v) is 9.04. The Labute approximate surface area is 165 Å². The van der Waals surface area contributed by atoms with E-state index in [0.717, 1.165) is 5.56 Å². The van der Waals surface area contributed by atoms with Crippen molar-refractivity contribution < 1.29 is 22.7 Å². The first kappa shape index (κ1) is 21.5. The molecule has 0 unspecified atom stereocenters. The topological polar surface area (TPSA) is 76.2 Å². The molecule has 1 heterocycles. The maximum Gasteiger partial charge on any atom is 0.246 e. The van der Waals surface area contributed by atoms with Gasteiger partial charge in [-0.15, -0.1) is 0 Å². The Balaban J connectivity index is 1.93. The molecule has 9 heteroatoms. The van der Waals surface area contributed by atoms with Gasteiger partial charge in [-0.05, 0) is 23.8 Å². The summed E-state index contributed by atoms with van der Waals surface area (Å²) < 4.78 is 32.9. The van der Waals surface area contributed by atoms with E-state index in [2.05, 4.69) is 4.90 Å². The van der Waals surface area contributed by atoms with Gasteiger partial charge in [0.2, 0.25) is 5.91 Å². The first-order chi connectivity index (χ1) is 12.7. The smallest absolute Gasteiger partial charge is 0.246 e. The molecule has 1 amide bonds. The molecule has 1 saturated heterocycles. The van der Waals surface area contributed by atoms with Crippen molar-refractivity contribution in [3.63, 3.8) is 0 Å². The molecule has 1 aliphatic rings. The number of benzene rings is 1. The van der Waals surface area contributed by atoms with Gasteiger partial charge in [-0.3, -0.25) is 9.69 Å². The van der Waals surface area contributed by atoms with Gasteiger partial charge in [0.25, 0.3) is 0 Å². The predicted octanol–water partition coefficient (Wildman–Crippen LogP) is 1.56. The minimum atomic E-state index is -2.97. The minimum Gasteiger partial charge on any atom is -0.493 e. The van der Waals surface area contributed by atoms with Crippen molar-refractivity contribution in [2.24, 2.45) is 0 Å². The summed E-state index contributed by atoms with van der Waals surface area (Å²) in [6.07, 6.45) is 4.42. The van der Waals surface area contributed by atoms with Gasteiger partial charge in [0, 0.05) is 45.1 Å². The van der Waals surface area contributed by atoms with Gasteiger partial charge < -0.3 is 14.4 Å². The van der Waals surface area contributed by atoms with Crippen LogP contribution in [-0.2, 0) is 14.6 Å². The van der Waals surface area contributed by atoms with E-state index < -0.39 is 9.84 Å². The highest BCUT2D eigenvalue weighted by Gasteiger charge is 2.20. The normalized spacial score (nSPS) is 15.9. The molecule has 1 aromatic rings. The van der Waals surface area contributed by atoms with E-state index in [1.165, 1.54) is 26.6 Å². The highest BCUT2D eigenvalue weighted by Crippen LogP contribution is 2.36. The molecular formula is C18H25ClN2O5S. The Kier molecular flexibility index (Phi) is 7.52. The number of methoxy groups -OCH3 is 2. The first-order valence-corrected chi connectivity index (χ1v) is 11.0. The van der Waals surface area contributed by atoms with E-state index >= 15 is 0 Å². The van der Waals surface area contributed by atoms with Crippen LogP contribution in [0, 0.1) is 0 Å². The van der Waals surface area contributed by atoms with Crippen molar-refractivity contribution in [1.29, 1.82) is 0 Å². The minimum absolute atomic E-state index is 0.0938. The molecule has 1 aromatic carbocycles. The van der Waals surface area contributed by atoms with Gasteiger partial charge >= 0.3 is 0 Å². The number of amides is 1. The Morgan fingerprint density at radius 3 is 2.41 bits per heavy atom. The van der Waals surface area contributed by atoms with Crippen molar-refractivity contribution >= 4 is 33.4 Å². The van der Waals surface area contributed by atoms with Crippen LogP contribution in [0.3, 0.4) is 0 Å². The molecule has 150 valence electrons. The summed E-state index contributed by atoms with van der Waals surface area (Å²) in [4.78, 5) is 16.2. The third-order valence-corrected chi connectivity index (χ3v) is 5.54. The zero-order valence-corrected chi connectivity index (χ0v) is 17.3. The van der Waals surface area contributed by atoms with Crippen LogP contribution in [0.2, 0.25) is 5.02 Å². The van der Waals surface area contributed by atoms with Gasteiger partial charge in [-0.1, -0.05) is 11.6 Å². The standard InChI is InChI=1S/C18H25ClN2O5S/c1-25-16-13-14(12-15(19)18(16)26-2)4-5-17(22)21-8-6-20(7-9-21)10-11-27(3,23)24/h4-5,12-13H,6-11H2,1-3H3/b5-4+. The quantitative estimate of drug-likeness (QED) is 0.628. The lowest BCUT2D eigenvalue weighted by molar-refractivity contribution is -0.127. The lowest BCUT2D eigenvalue weighted by Crippen LogP contribution is -2.49. The van der Waals surface area contributed by atoms with Gasteiger partial charge in [-0.25, -0.2) is 8.42 Å². The average molecular weight is 417 g/mol. The third-order valence-electron chi connectivity index (χ3n) is 4.34. The maximum atomic E-state index is 12.4. The number of nitrogens with zero attached hydrogens (tertiary/aromatic N) is 2. The Bertz CT molecular complexity index is 802. The second-order valence-electron chi connectivity index (χ2n) is 6.37. The van der Waals surface area contributed by atoms with Crippen molar-refractivity contribution in [3.05, 3.63) is 28.8 Å². The number of hydrogen-bond acceptors (Lipinski definition) is 6. The van der Waals surface area contributed by atoms with Crippen LogP contribution in [0.25, 0.3) is 6.08 Å². The van der Waals surface area contributed by atoms with Crippen LogP contribution in [0.1, 0.15) is 5.56 Å². The molecular weight excluding hydrogens is 392 g/mol. The Hall–Kier alpha value is -1.77. The predicted molar refractivity (Wildman–Crippen MR) is 106 cm³/mol. The summed E-state index contributed by atoms with van der Waals surface area (Å²) in [5, 5.41) is 0.406. The zero-order valence-electron chi connectivity index (χ0n) is 15.8. The highest BCUT2D eigenvalue weighted by atomic mass is 35.5.